The topological polar surface area (TPSA) is 63.6 Å². The molecule has 0 amide bonds. The van der Waals surface area contributed by atoms with Gasteiger partial charge in [-0.15, -0.1) is 10.2 Å². The Morgan fingerprint density at radius 1 is 0.944 bits per heavy atom. The van der Waals surface area contributed by atoms with Crippen LogP contribution in [0.1, 0.15) is 5.69 Å². The summed E-state index contributed by atoms with van der Waals surface area (Å²) in [6.07, 6.45) is 1.77. The van der Waals surface area contributed by atoms with Crippen molar-refractivity contribution in [2.75, 3.05) is 5.32 Å². The molecule has 18 heavy (non-hydrogen) atoms. The van der Waals surface area contributed by atoms with Gasteiger partial charge in [-0.1, -0.05) is 18.2 Å². The lowest BCUT2D eigenvalue weighted by Gasteiger charge is -2.06. The molecule has 3 rings (SSSR count). The van der Waals surface area contributed by atoms with Gasteiger partial charge in [0.2, 0.25) is 0 Å². The smallest absolute Gasteiger partial charge is 0.160 e. The minimum Gasteiger partial charge on any atom is -0.362 e. The zero-order valence-electron chi connectivity index (χ0n) is 9.61. The minimum absolute atomic E-state index is 0.615. The van der Waals surface area contributed by atoms with Crippen LogP contribution in [0.3, 0.4) is 0 Å². The third-order valence-corrected chi connectivity index (χ3v) is 2.62. The quantitative estimate of drug-likeness (QED) is 0.755. The molecule has 0 fully saturated rings. The van der Waals surface area contributed by atoms with Gasteiger partial charge in [0.05, 0.1) is 17.8 Å². The van der Waals surface area contributed by atoms with E-state index in [1.165, 1.54) is 0 Å². The number of benzene rings is 1. The SMILES string of the molecule is c1ccc(CNc2nnnc3ccccc23)nc1. The van der Waals surface area contributed by atoms with Crippen LogP contribution >= 0.6 is 0 Å². The molecule has 1 N–H and O–H groups in total. The van der Waals surface area contributed by atoms with Crippen molar-refractivity contribution in [2.24, 2.45) is 0 Å². The molecule has 0 spiro atoms. The number of nitrogens with one attached hydrogen (secondary N) is 1. The van der Waals surface area contributed by atoms with Crippen LogP contribution < -0.4 is 5.32 Å². The van der Waals surface area contributed by atoms with Crippen molar-refractivity contribution in [3.63, 3.8) is 0 Å². The molecule has 2 heterocycles. The molecule has 0 aliphatic heterocycles. The number of hydrogen-bond acceptors (Lipinski definition) is 5. The standard InChI is InChI=1S/C13H11N5/c1-2-7-12-11(6-1)13(17-18-16-12)15-9-10-5-3-4-8-14-10/h1-8H,9H2,(H,15,16,17). The fourth-order valence-corrected chi connectivity index (χ4v) is 1.74. The van der Waals surface area contributed by atoms with E-state index in [9.17, 15) is 0 Å². The van der Waals surface area contributed by atoms with Gasteiger partial charge in [-0.2, -0.15) is 0 Å². The fourth-order valence-electron chi connectivity index (χ4n) is 1.74. The number of fused-ring (bicyclic) bond motifs is 1. The lowest BCUT2D eigenvalue weighted by Crippen LogP contribution is -2.05. The van der Waals surface area contributed by atoms with Crippen molar-refractivity contribution in [2.45, 2.75) is 6.54 Å². The van der Waals surface area contributed by atoms with Crippen LogP contribution in [0.15, 0.2) is 48.7 Å². The van der Waals surface area contributed by atoms with E-state index in [1.54, 1.807) is 6.20 Å². The Morgan fingerprint density at radius 2 is 1.83 bits per heavy atom. The first-order valence-corrected chi connectivity index (χ1v) is 5.65. The van der Waals surface area contributed by atoms with Crippen molar-refractivity contribution in [3.05, 3.63) is 54.4 Å². The number of aromatic nitrogens is 4. The number of hydrogen-bond donors (Lipinski definition) is 1. The average molecular weight is 237 g/mol. The molecule has 2 aromatic heterocycles. The second-order valence-corrected chi connectivity index (χ2v) is 3.83. The monoisotopic (exact) mass is 237 g/mol. The van der Waals surface area contributed by atoms with Gasteiger partial charge in [-0.05, 0) is 29.5 Å². The van der Waals surface area contributed by atoms with E-state index in [4.69, 9.17) is 0 Å². The van der Waals surface area contributed by atoms with Crippen LogP contribution in [-0.2, 0) is 6.54 Å². The molecule has 0 aliphatic carbocycles. The molecular formula is C13H11N5. The summed E-state index contributed by atoms with van der Waals surface area (Å²) >= 11 is 0. The van der Waals surface area contributed by atoms with Gasteiger partial charge in [0.1, 0.15) is 0 Å². The highest BCUT2D eigenvalue weighted by Gasteiger charge is 2.03. The molecule has 0 bridgehead atoms. The molecular weight excluding hydrogens is 226 g/mol. The highest BCUT2D eigenvalue weighted by atomic mass is 15.3. The Labute approximate surface area is 104 Å². The lowest BCUT2D eigenvalue weighted by molar-refractivity contribution is 0.886. The second kappa shape index (κ2) is 4.75. The van der Waals surface area contributed by atoms with Gasteiger partial charge in [-0.3, -0.25) is 4.98 Å². The van der Waals surface area contributed by atoms with Crippen LogP contribution in [-0.4, -0.2) is 20.4 Å². The molecule has 5 heteroatoms. The molecule has 0 aliphatic rings. The first-order chi connectivity index (χ1) is 8.93. The molecule has 88 valence electrons. The molecule has 0 unspecified atom stereocenters. The summed E-state index contributed by atoms with van der Waals surface area (Å²) < 4.78 is 0. The highest BCUT2D eigenvalue weighted by molar-refractivity contribution is 5.88. The summed E-state index contributed by atoms with van der Waals surface area (Å²) in [5.74, 6) is 0.728. The van der Waals surface area contributed by atoms with E-state index in [0.29, 0.717) is 6.54 Å². The van der Waals surface area contributed by atoms with E-state index in [-0.39, 0.29) is 0 Å². The minimum atomic E-state index is 0.615. The van der Waals surface area contributed by atoms with Crippen molar-refractivity contribution in [3.8, 4) is 0 Å². The molecule has 1 aromatic carbocycles. The maximum absolute atomic E-state index is 4.25. The Hall–Kier alpha value is -2.56. The van der Waals surface area contributed by atoms with Crippen molar-refractivity contribution < 1.29 is 0 Å². The fraction of sp³-hybridized carbons (Fsp3) is 0.0769. The van der Waals surface area contributed by atoms with Gasteiger partial charge in [0.25, 0.3) is 0 Å². The predicted molar refractivity (Wildman–Crippen MR) is 68.9 cm³/mol. The van der Waals surface area contributed by atoms with E-state index in [0.717, 1.165) is 22.4 Å². The summed E-state index contributed by atoms with van der Waals surface area (Å²) in [6, 6.07) is 13.6. The maximum atomic E-state index is 4.25. The molecule has 0 radical (unpaired) electrons. The van der Waals surface area contributed by atoms with Crippen LogP contribution in [0.2, 0.25) is 0 Å². The van der Waals surface area contributed by atoms with Gasteiger partial charge in [0, 0.05) is 11.6 Å². The van der Waals surface area contributed by atoms with E-state index >= 15 is 0 Å². The number of pyridine rings is 1. The third kappa shape index (κ3) is 2.10. The molecule has 0 atom stereocenters. The van der Waals surface area contributed by atoms with E-state index in [1.807, 2.05) is 42.5 Å². The van der Waals surface area contributed by atoms with Crippen LogP contribution in [0.5, 0.6) is 0 Å². The Bertz CT molecular complexity index is 648. The Balaban J connectivity index is 1.87. The number of anilines is 1. The summed E-state index contributed by atoms with van der Waals surface area (Å²) in [5.41, 5.74) is 1.79. The Morgan fingerprint density at radius 3 is 2.72 bits per heavy atom. The predicted octanol–water partition coefficient (Wildman–Crippen LogP) is 2.03. The maximum Gasteiger partial charge on any atom is 0.160 e. The van der Waals surface area contributed by atoms with Crippen molar-refractivity contribution in [1.82, 2.24) is 20.4 Å². The molecule has 5 nitrogen and oxygen atoms in total. The summed E-state index contributed by atoms with van der Waals surface area (Å²) in [7, 11) is 0. The summed E-state index contributed by atoms with van der Waals surface area (Å²) in [6.45, 7) is 0.615. The van der Waals surface area contributed by atoms with E-state index < -0.39 is 0 Å². The third-order valence-electron chi connectivity index (χ3n) is 2.62. The largest absolute Gasteiger partial charge is 0.362 e. The molecule has 3 aromatic rings. The van der Waals surface area contributed by atoms with Gasteiger partial charge in [-0.25, -0.2) is 0 Å². The van der Waals surface area contributed by atoms with Crippen LogP contribution in [0.4, 0.5) is 5.82 Å². The molecule has 0 saturated heterocycles. The van der Waals surface area contributed by atoms with E-state index in [2.05, 4.69) is 25.7 Å². The Kier molecular flexibility index (Phi) is 2.79. The van der Waals surface area contributed by atoms with Crippen molar-refractivity contribution >= 4 is 16.7 Å². The second-order valence-electron chi connectivity index (χ2n) is 3.83. The highest BCUT2D eigenvalue weighted by Crippen LogP contribution is 2.17. The van der Waals surface area contributed by atoms with Crippen LogP contribution in [0, 0.1) is 0 Å². The molecule has 0 saturated carbocycles. The average Bonchev–Trinajstić information content (AvgIpc) is 2.46. The summed E-state index contributed by atoms with van der Waals surface area (Å²) in [4.78, 5) is 4.25. The van der Waals surface area contributed by atoms with Crippen LogP contribution in [0.25, 0.3) is 10.9 Å². The zero-order chi connectivity index (χ0) is 12.2. The van der Waals surface area contributed by atoms with Gasteiger partial charge in [0.15, 0.2) is 5.82 Å². The zero-order valence-corrected chi connectivity index (χ0v) is 9.61. The lowest BCUT2D eigenvalue weighted by atomic mass is 10.2. The van der Waals surface area contributed by atoms with Gasteiger partial charge < -0.3 is 5.32 Å². The van der Waals surface area contributed by atoms with Gasteiger partial charge >= 0.3 is 0 Å². The first-order valence-electron chi connectivity index (χ1n) is 5.65. The normalized spacial score (nSPS) is 10.4. The number of nitrogens with zero attached hydrogens (tertiary/aromatic N) is 4. The summed E-state index contributed by atoms with van der Waals surface area (Å²) in [5, 5.41) is 15.9. The van der Waals surface area contributed by atoms with Crippen molar-refractivity contribution in [1.29, 1.82) is 0 Å². The number of rotatable bonds is 3. The first kappa shape index (κ1) is 10.6.